The molecule has 0 aliphatic carbocycles. The standard InChI is InChI=1S/C23H37N5O2.HI/c1-4-19(28-15-8-11-22(28)29)12-14-25-23(24-5-2)26-18-13-16-27(17-18)20-9-6-7-10-21(20)30-3;/h6-7,9-10,18-19H,4-5,8,11-17H2,1-3H3,(H2,24,25,26);1H. The summed E-state index contributed by atoms with van der Waals surface area (Å²) < 4.78 is 5.52. The summed E-state index contributed by atoms with van der Waals surface area (Å²) in [5.74, 6) is 2.09. The zero-order valence-corrected chi connectivity index (χ0v) is 21.4. The van der Waals surface area contributed by atoms with Gasteiger partial charge in [-0.2, -0.15) is 0 Å². The lowest BCUT2D eigenvalue weighted by atomic mass is 10.1. The van der Waals surface area contributed by atoms with Crippen LogP contribution < -0.4 is 20.3 Å². The monoisotopic (exact) mass is 543 g/mol. The Kier molecular flexibility index (Phi) is 10.7. The number of carbonyl (C=O) groups excluding carboxylic acids is 1. The van der Waals surface area contributed by atoms with E-state index in [9.17, 15) is 4.79 Å². The highest BCUT2D eigenvalue weighted by molar-refractivity contribution is 14.0. The lowest BCUT2D eigenvalue weighted by Crippen LogP contribution is -2.45. The summed E-state index contributed by atoms with van der Waals surface area (Å²) in [4.78, 5) is 21.3. The SMILES string of the molecule is CCNC(=NCCC(CC)N1CCCC1=O)NC1CCN(c2ccccc2OC)C1.I. The molecule has 2 aliphatic rings. The average Bonchev–Trinajstić information content (AvgIpc) is 3.40. The molecule has 3 rings (SSSR count). The second kappa shape index (κ2) is 13.0. The summed E-state index contributed by atoms with van der Waals surface area (Å²) >= 11 is 0. The van der Waals surface area contributed by atoms with Gasteiger partial charge in [0, 0.05) is 51.2 Å². The van der Waals surface area contributed by atoms with E-state index >= 15 is 0 Å². The van der Waals surface area contributed by atoms with Gasteiger partial charge in [-0.05, 0) is 44.7 Å². The van der Waals surface area contributed by atoms with Gasteiger partial charge in [-0.3, -0.25) is 9.79 Å². The molecular weight excluding hydrogens is 505 g/mol. The summed E-state index contributed by atoms with van der Waals surface area (Å²) in [7, 11) is 1.72. The Morgan fingerprint density at radius 1 is 1.29 bits per heavy atom. The number of aliphatic imine (C=N–C) groups is 1. The van der Waals surface area contributed by atoms with Crippen LogP contribution in [-0.4, -0.2) is 68.7 Å². The third-order valence-electron chi connectivity index (χ3n) is 6.05. The van der Waals surface area contributed by atoms with Gasteiger partial charge in [-0.25, -0.2) is 0 Å². The topological polar surface area (TPSA) is 69.2 Å². The van der Waals surface area contributed by atoms with Crippen LogP contribution in [0.4, 0.5) is 5.69 Å². The predicted octanol–water partition coefficient (Wildman–Crippen LogP) is 3.24. The first-order valence-corrected chi connectivity index (χ1v) is 11.4. The summed E-state index contributed by atoms with van der Waals surface area (Å²) in [6.07, 6.45) is 4.66. The number of halogens is 1. The van der Waals surface area contributed by atoms with Crippen LogP contribution in [0, 0.1) is 0 Å². The molecule has 0 spiro atoms. The number of anilines is 1. The minimum Gasteiger partial charge on any atom is -0.495 e. The van der Waals surface area contributed by atoms with Crippen molar-refractivity contribution in [2.45, 2.75) is 58.0 Å². The molecule has 2 atom stereocenters. The molecule has 0 aromatic heterocycles. The fourth-order valence-corrected chi connectivity index (χ4v) is 4.46. The van der Waals surface area contributed by atoms with Crippen LogP contribution in [0.3, 0.4) is 0 Å². The molecule has 2 fully saturated rings. The van der Waals surface area contributed by atoms with Crippen LogP contribution in [-0.2, 0) is 4.79 Å². The molecule has 174 valence electrons. The van der Waals surface area contributed by atoms with Crippen LogP contribution in [0.25, 0.3) is 0 Å². The van der Waals surface area contributed by atoms with Gasteiger partial charge in [0.05, 0.1) is 12.8 Å². The number of likely N-dealkylation sites (tertiary alicyclic amines) is 1. The smallest absolute Gasteiger partial charge is 0.222 e. The molecule has 2 saturated heterocycles. The van der Waals surface area contributed by atoms with Crippen molar-refractivity contribution in [1.29, 1.82) is 0 Å². The number of hydrogen-bond acceptors (Lipinski definition) is 4. The third kappa shape index (κ3) is 6.89. The molecule has 1 amide bonds. The number of hydrogen-bond donors (Lipinski definition) is 2. The predicted molar refractivity (Wildman–Crippen MR) is 138 cm³/mol. The first-order valence-electron chi connectivity index (χ1n) is 11.4. The van der Waals surface area contributed by atoms with Crippen LogP contribution in [0.1, 0.15) is 46.0 Å². The van der Waals surface area contributed by atoms with Crippen molar-refractivity contribution < 1.29 is 9.53 Å². The largest absolute Gasteiger partial charge is 0.495 e. The summed E-state index contributed by atoms with van der Waals surface area (Å²) in [5, 5.41) is 6.97. The van der Waals surface area contributed by atoms with E-state index in [2.05, 4.69) is 46.4 Å². The molecular formula is C23H38IN5O2. The minimum absolute atomic E-state index is 0. The summed E-state index contributed by atoms with van der Waals surface area (Å²) in [6, 6.07) is 8.83. The number of nitrogens with one attached hydrogen (secondary N) is 2. The second-order valence-corrected chi connectivity index (χ2v) is 8.05. The Bertz CT molecular complexity index is 730. The Morgan fingerprint density at radius 2 is 2.10 bits per heavy atom. The molecule has 1 aromatic rings. The minimum atomic E-state index is 0. The Labute approximate surface area is 204 Å². The molecule has 0 radical (unpaired) electrons. The van der Waals surface area contributed by atoms with Crippen LogP contribution in [0.15, 0.2) is 29.3 Å². The van der Waals surface area contributed by atoms with E-state index in [0.717, 1.165) is 75.8 Å². The lowest BCUT2D eigenvalue weighted by molar-refractivity contribution is -0.129. The number of ether oxygens (including phenoxy) is 1. The Hall–Kier alpha value is -1.71. The van der Waals surface area contributed by atoms with Gasteiger partial charge in [0.15, 0.2) is 5.96 Å². The summed E-state index contributed by atoms with van der Waals surface area (Å²) in [6.45, 7) is 8.62. The van der Waals surface area contributed by atoms with Crippen LogP contribution in [0.5, 0.6) is 5.75 Å². The van der Waals surface area contributed by atoms with Gasteiger partial charge >= 0.3 is 0 Å². The number of para-hydroxylation sites is 2. The quantitative estimate of drug-likeness (QED) is 0.285. The Morgan fingerprint density at radius 3 is 2.77 bits per heavy atom. The molecule has 31 heavy (non-hydrogen) atoms. The van der Waals surface area contributed by atoms with E-state index in [1.54, 1.807) is 7.11 Å². The van der Waals surface area contributed by atoms with Gasteiger partial charge < -0.3 is 25.2 Å². The average molecular weight is 543 g/mol. The third-order valence-corrected chi connectivity index (χ3v) is 6.05. The fourth-order valence-electron chi connectivity index (χ4n) is 4.46. The first-order chi connectivity index (χ1) is 14.7. The number of amides is 1. The van der Waals surface area contributed by atoms with Gasteiger partial charge in [-0.1, -0.05) is 19.1 Å². The highest BCUT2D eigenvalue weighted by Gasteiger charge is 2.27. The van der Waals surface area contributed by atoms with Gasteiger partial charge in [0.25, 0.3) is 0 Å². The van der Waals surface area contributed by atoms with E-state index in [1.807, 2.05) is 12.1 Å². The van der Waals surface area contributed by atoms with Gasteiger partial charge in [0.1, 0.15) is 5.75 Å². The Balaban J connectivity index is 0.00000341. The van der Waals surface area contributed by atoms with Crippen molar-refractivity contribution >= 4 is 41.5 Å². The van der Waals surface area contributed by atoms with Crippen LogP contribution >= 0.6 is 24.0 Å². The number of rotatable bonds is 9. The lowest BCUT2D eigenvalue weighted by Gasteiger charge is -2.26. The van der Waals surface area contributed by atoms with Crippen LogP contribution in [0.2, 0.25) is 0 Å². The zero-order chi connectivity index (χ0) is 21.3. The molecule has 7 nitrogen and oxygen atoms in total. The van der Waals surface area contributed by atoms with Crippen molar-refractivity contribution in [3.63, 3.8) is 0 Å². The highest BCUT2D eigenvalue weighted by atomic mass is 127. The van der Waals surface area contributed by atoms with E-state index < -0.39 is 0 Å². The number of carbonyl (C=O) groups is 1. The van der Waals surface area contributed by atoms with Crippen molar-refractivity contribution in [2.75, 3.05) is 44.7 Å². The second-order valence-electron chi connectivity index (χ2n) is 8.05. The van der Waals surface area contributed by atoms with Crippen molar-refractivity contribution in [2.24, 2.45) is 4.99 Å². The number of methoxy groups -OCH3 is 1. The normalized spacial score (nSPS) is 19.9. The zero-order valence-electron chi connectivity index (χ0n) is 19.1. The van der Waals surface area contributed by atoms with Gasteiger partial charge in [-0.15, -0.1) is 24.0 Å². The first kappa shape index (κ1) is 25.5. The maximum atomic E-state index is 12.0. The molecule has 1 aromatic carbocycles. The van der Waals surface area contributed by atoms with Crippen molar-refractivity contribution in [3.05, 3.63) is 24.3 Å². The number of guanidine groups is 1. The molecule has 0 saturated carbocycles. The molecule has 2 aliphatic heterocycles. The molecule has 2 unspecified atom stereocenters. The molecule has 0 bridgehead atoms. The molecule has 8 heteroatoms. The fraction of sp³-hybridized carbons (Fsp3) is 0.652. The van der Waals surface area contributed by atoms with E-state index in [-0.39, 0.29) is 24.0 Å². The van der Waals surface area contributed by atoms with E-state index in [4.69, 9.17) is 9.73 Å². The maximum absolute atomic E-state index is 12.0. The number of benzene rings is 1. The van der Waals surface area contributed by atoms with Crippen molar-refractivity contribution in [1.82, 2.24) is 15.5 Å². The summed E-state index contributed by atoms with van der Waals surface area (Å²) in [5.41, 5.74) is 1.15. The number of nitrogens with zero attached hydrogens (tertiary/aromatic N) is 3. The van der Waals surface area contributed by atoms with E-state index in [1.165, 1.54) is 0 Å². The van der Waals surface area contributed by atoms with Crippen molar-refractivity contribution in [3.8, 4) is 5.75 Å². The molecule has 2 N–H and O–H groups in total. The van der Waals surface area contributed by atoms with Gasteiger partial charge in [0.2, 0.25) is 5.91 Å². The van der Waals surface area contributed by atoms with E-state index in [0.29, 0.717) is 24.4 Å². The highest BCUT2D eigenvalue weighted by Crippen LogP contribution is 2.30. The maximum Gasteiger partial charge on any atom is 0.222 e. The molecule has 2 heterocycles.